The lowest BCUT2D eigenvalue weighted by Gasteiger charge is -2.54. The van der Waals surface area contributed by atoms with Gasteiger partial charge in [0, 0.05) is 32.8 Å². The minimum absolute atomic E-state index is 0.858. The molecule has 6 heteroatoms. The fourth-order valence-electron chi connectivity index (χ4n) is 2.06. The molecule has 0 heterocycles. The van der Waals surface area contributed by atoms with Gasteiger partial charge < -0.3 is 0 Å². The van der Waals surface area contributed by atoms with Gasteiger partial charge in [0.1, 0.15) is 0 Å². The van der Waals surface area contributed by atoms with E-state index in [9.17, 15) is 0 Å². The van der Waals surface area contributed by atoms with Crippen LogP contribution in [0.5, 0.6) is 0 Å². The molecule has 0 amide bonds. The summed E-state index contributed by atoms with van der Waals surface area (Å²) >= 11 is 12.6. The molecule has 0 nitrogen and oxygen atoms in total. The lowest BCUT2D eigenvalue weighted by Crippen LogP contribution is -2.80. The van der Waals surface area contributed by atoms with E-state index in [1.54, 1.807) is 0 Å². The van der Waals surface area contributed by atoms with Crippen LogP contribution < -0.4 is 0 Å². The summed E-state index contributed by atoms with van der Waals surface area (Å²) in [4.78, 5) is 0. The highest BCUT2D eigenvalue weighted by molar-refractivity contribution is 7.83. The van der Waals surface area contributed by atoms with Gasteiger partial charge in [0.15, 0.2) is 0 Å². The Balaban J connectivity index is 5.51. The van der Waals surface area contributed by atoms with E-state index >= 15 is 0 Å². The molecular formula is C10H28Cl2Si4. The molecule has 0 radical (unpaired) electrons. The van der Waals surface area contributed by atoms with Crippen LogP contribution >= 0.6 is 23.2 Å². The third-order valence-corrected chi connectivity index (χ3v) is 77.9. The van der Waals surface area contributed by atoms with Gasteiger partial charge in [0.2, 0.25) is 0 Å². The average Bonchev–Trinajstić information content (AvgIpc) is 2.14. The van der Waals surface area contributed by atoms with E-state index in [2.05, 4.69) is 52.4 Å². The average molecular weight is 332 g/mol. The fourth-order valence-corrected chi connectivity index (χ4v) is 77.5. The Morgan fingerprint density at radius 2 is 0.938 bits per heavy atom. The lowest BCUT2D eigenvalue weighted by atomic mass is 11.8. The van der Waals surface area contributed by atoms with Crippen LogP contribution in [0.2, 0.25) is 52.4 Å². The summed E-state index contributed by atoms with van der Waals surface area (Å²) in [7, 11) is -4.83. The van der Waals surface area contributed by atoms with Crippen molar-refractivity contribution in [2.75, 3.05) is 11.0 Å². The van der Waals surface area contributed by atoms with E-state index in [1.807, 2.05) is 0 Å². The molecule has 0 spiro atoms. The summed E-state index contributed by atoms with van der Waals surface area (Å²) in [6.07, 6.45) is 0. The van der Waals surface area contributed by atoms with Crippen molar-refractivity contribution in [3.05, 3.63) is 0 Å². The summed E-state index contributed by atoms with van der Waals surface area (Å²) in [5, 5.41) is 0. The summed E-state index contributed by atoms with van der Waals surface area (Å²) < 4.78 is 0. The first-order chi connectivity index (χ1) is 6.87. The van der Waals surface area contributed by atoms with E-state index in [1.165, 1.54) is 0 Å². The maximum Gasteiger partial charge on any atom is 0.0745 e. The number of hydrogen-bond donors (Lipinski definition) is 0. The van der Waals surface area contributed by atoms with Crippen LogP contribution in [-0.2, 0) is 0 Å². The highest BCUT2D eigenvalue weighted by Crippen LogP contribution is 2.35. The van der Waals surface area contributed by atoms with Crippen molar-refractivity contribution in [2.45, 2.75) is 52.4 Å². The van der Waals surface area contributed by atoms with Crippen molar-refractivity contribution < 1.29 is 0 Å². The zero-order valence-electron chi connectivity index (χ0n) is 12.2. The van der Waals surface area contributed by atoms with Gasteiger partial charge in [-0.2, -0.15) is 0 Å². The standard InChI is InChI=1S/C10H28Cl2Si4/c1-13(2,3)14(4,5)15(6,7)16(8,9-11)10-12/h9-10H2,1-8H3. The lowest BCUT2D eigenvalue weighted by molar-refractivity contribution is 1.67. The Labute approximate surface area is 116 Å². The van der Waals surface area contributed by atoms with Crippen LogP contribution in [0.15, 0.2) is 0 Å². The predicted octanol–water partition coefficient (Wildman–Crippen LogP) is 4.61. The third kappa shape index (κ3) is 2.72. The Bertz CT molecular complexity index is 242. The minimum atomic E-state index is -1.40. The molecule has 0 aliphatic heterocycles. The van der Waals surface area contributed by atoms with Gasteiger partial charge in [-0.1, -0.05) is 52.4 Å². The van der Waals surface area contributed by atoms with Gasteiger partial charge in [-0.05, 0) is 0 Å². The minimum Gasteiger partial charge on any atom is -0.130 e. The molecule has 0 aromatic rings. The molecule has 0 unspecified atom stereocenters. The molecule has 0 aromatic carbocycles. The fraction of sp³-hybridized carbons (Fsp3) is 1.00. The molecule has 0 aliphatic rings. The quantitative estimate of drug-likeness (QED) is 0.510. The zero-order valence-corrected chi connectivity index (χ0v) is 17.7. The van der Waals surface area contributed by atoms with Gasteiger partial charge in [-0.3, -0.25) is 0 Å². The number of halogens is 2. The van der Waals surface area contributed by atoms with E-state index in [-0.39, 0.29) is 0 Å². The van der Waals surface area contributed by atoms with Gasteiger partial charge in [-0.25, -0.2) is 0 Å². The number of rotatable bonds is 5. The molecular weight excluding hydrogens is 303 g/mol. The van der Waals surface area contributed by atoms with Crippen molar-refractivity contribution in [3.63, 3.8) is 0 Å². The Kier molecular flexibility index (Phi) is 5.68. The first-order valence-electron chi connectivity index (χ1n) is 5.99. The second-order valence-electron chi connectivity index (χ2n) is 7.33. The maximum absolute atomic E-state index is 6.30. The van der Waals surface area contributed by atoms with Crippen molar-refractivity contribution in [1.29, 1.82) is 0 Å². The Hall–Kier alpha value is 1.45. The highest BCUT2D eigenvalue weighted by Gasteiger charge is 2.58. The van der Waals surface area contributed by atoms with Gasteiger partial charge in [0.05, 0.1) is 7.59 Å². The first-order valence-corrected chi connectivity index (χ1v) is 22.5. The summed E-state index contributed by atoms with van der Waals surface area (Å²) in [5.41, 5.74) is 1.72. The van der Waals surface area contributed by atoms with Crippen LogP contribution in [-0.4, -0.2) is 40.4 Å². The Morgan fingerprint density at radius 3 is 1.12 bits per heavy atom. The van der Waals surface area contributed by atoms with E-state index in [0.29, 0.717) is 0 Å². The molecule has 0 N–H and O–H groups in total. The molecule has 16 heavy (non-hydrogen) atoms. The van der Waals surface area contributed by atoms with Crippen molar-refractivity contribution in [3.8, 4) is 0 Å². The van der Waals surface area contributed by atoms with Crippen LogP contribution in [0, 0.1) is 0 Å². The van der Waals surface area contributed by atoms with Crippen LogP contribution in [0.4, 0.5) is 0 Å². The molecule has 0 rings (SSSR count). The van der Waals surface area contributed by atoms with Crippen LogP contribution in [0.3, 0.4) is 0 Å². The smallest absolute Gasteiger partial charge is 0.0745 e. The molecule has 0 bridgehead atoms. The first kappa shape index (κ1) is 17.4. The van der Waals surface area contributed by atoms with Gasteiger partial charge in [0.25, 0.3) is 0 Å². The highest BCUT2D eigenvalue weighted by atomic mass is 35.5. The van der Waals surface area contributed by atoms with E-state index < -0.39 is 29.4 Å². The molecule has 0 fully saturated rings. The molecule has 0 aromatic heterocycles. The third-order valence-electron chi connectivity index (χ3n) is 5.54. The van der Waals surface area contributed by atoms with Crippen LogP contribution in [0.25, 0.3) is 0 Å². The van der Waals surface area contributed by atoms with Gasteiger partial charge >= 0.3 is 0 Å². The molecule has 98 valence electrons. The van der Waals surface area contributed by atoms with E-state index in [0.717, 1.165) is 11.0 Å². The van der Waals surface area contributed by atoms with Crippen molar-refractivity contribution >= 4 is 52.6 Å². The summed E-state index contributed by atoms with van der Waals surface area (Å²) in [6, 6.07) is 0. The number of alkyl halides is 2. The SMILES string of the molecule is C[Si](C)(C)[Si](C)(C)[Si](C)(C)[Si](C)(CCl)CCl. The predicted molar refractivity (Wildman–Crippen MR) is 91.4 cm³/mol. The van der Waals surface area contributed by atoms with Crippen molar-refractivity contribution in [2.24, 2.45) is 0 Å². The van der Waals surface area contributed by atoms with Gasteiger partial charge in [-0.15, -0.1) is 23.2 Å². The topological polar surface area (TPSA) is 0 Å². The molecule has 0 atom stereocenters. The second-order valence-corrected chi connectivity index (χ2v) is 49.7. The second kappa shape index (κ2) is 5.21. The van der Waals surface area contributed by atoms with E-state index in [4.69, 9.17) is 23.2 Å². The Morgan fingerprint density at radius 1 is 0.625 bits per heavy atom. The summed E-state index contributed by atoms with van der Waals surface area (Å²) in [6.45, 7) is 20.5. The van der Waals surface area contributed by atoms with Crippen molar-refractivity contribution in [1.82, 2.24) is 0 Å². The zero-order chi connectivity index (χ0) is 13.4. The largest absolute Gasteiger partial charge is 0.130 e. The maximum atomic E-state index is 6.30. The monoisotopic (exact) mass is 330 g/mol. The molecule has 0 aliphatic carbocycles. The summed E-state index contributed by atoms with van der Waals surface area (Å²) in [5.74, 6) is 0. The molecule has 0 saturated heterocycles. The normalized spacial score (nSPS) is 15.4. The van der Waals surface area contributed by atoms with Crippen LogP contribution in [0.1, 0.15) is 0 Å². The molecule has 0 saturated carbocycles. The number of hydrogen-bond acceptors (Lipinski definition) is 0.